The Morgan fingerprint density at radius 3 is 2.88 bits per heavy atom. The van der Waals surface area contributed by atoms with E-state index in [1.165, 1.54) is 5.56 Å². The van der Waals surface area contributed by atoms with Crippen LogP contribution in [0.3, 0.4) is 0 Å². The minimum absolute atomic E-state index is 0.00569. The number of ether oxygens (including phenoxy) is 1. The average molecular weight is 578 g/mol. The predicted octanol–water partition coefficient (Wildman–Crippen LogP) is 3.46. The first-order valence-electron chi connectivity index (χ1n) is 14.5. The fraction of sp³-hybridized carbons (Fsp3) is 0.500. The maximum Gasteiger partial charge on any atom is 0.244 e. The number of aryl methyl sites for hydroxylation is 1. The molecule has 0 amide bonds. The third-order valence-electron chi connectivity index (χ3n) is 8.48. The van der Waals surface area contributed by atoms with Crippen molar-refractivity contribution >= 4 is 21.7 Å². The van der Waals surface area contributed by atoms with Crippen molar-refractivity contribution in [2.75, 3.05) is 36.9 Å². The third-order valence-corrected chi connectivity index (χ3v) is 9.94. The number of pyridine rings is 1. The molecule has 4 N–H and O–H groups in total. The summed E-state index contributed by atoms with van der Waals surface area (Å²) in [5.41, 5.74) is 11.2. The van der Waals surface area contributed by atoms with Crippen LogP contribution < -0.4 is 25.4 Å². The number of hydrogen-bond donors (Lipinski definition) is 3. The number of nitrogens with one attached hydrogen (secondary N) is 2. The maximum absolute atomic E-state index is 13.2. The van der Waals surface area contributed by atoms with Gasteiger partial charge in [-0.2, -0.15) is 0 Å². The first kappa shape index (κ1) is 27.9. The summed E-state index contributed by atoms with van der Waals surface area (Å²) in [6, 6.07) is 7.67. The van der Waals surface area contributed by atoms with E-state index in [4.69, 9.17) is 15.5 Å². The van der Waals surface area contributed by atoms with Gasteiger partial charge in [0.2, 0.25) is 10.0 Å². The number of hydrogen-bond acceptors (Lipinski definition) is 9. The van der Waals surface area contributed by atoms with Crippen molar-refractivity contribution in [2.45, 2.75) is 69.9 Å². The van der Waals surface area contributed by atoms with Gasteiger partial charge in [0.1, 0.15) is 35.2 Å². The van der Waals surface area contributed by atoms with Crippen LogP contribution in [0.25, 0.3) is 11.1 Å². The second-order valence-electron chi connectivity index (χ2n) is 12.2. The van der Waals surface area contributed by atoms with Crippen molar-refractivity contribution in [2.24, 2.45) is 5.41 Å². The fourth-order valence-corrected chi connectivity index (χ4v) is 7.29. The molecular weight excluding hydrogens is 538 g/mol. The van der Waals surface area contributed by atoms with Gasteiger partial charge >= 0.3 is 0 Å². The molecule has 2 aromatic heterocycles. The van der Waals surface area contributed by atoms with Gasteiger partial charge in [-0.15, -0.1) is 0 Å². The lowest BCUT2D eigenvalue weighted by molar-refractivity contribution is 0.310. The van der Waals surface area contributed by atoms with Gasteiger partial charge in [-0.3, -0.25) is 0 Å². The summed E-state index contributed by atoms with van der Waals surface area (Å²) in [4.78, 5) is 15.9. The lowest BCUT2D eigenvalue weighted by atomic mass is 9.76. The van der Waals surface area contributed by atoms with Gasteiger partial charge in [0, 0.05) is 47.7 Å². The number of nitrogen functional groups attached to an aromatic ring is 1. The Labute approximate surface area is 242 Å². The molecule has 0 spiro atoms. The summed E-state index contributed by atoms with van der Waals surface area (Å²) in [6.07, 6.45) is 9.48. The van der Waals surface area contributed by atoms with Crippen molar-refractivity contribution in [1.82, 2.24) is 25.0 Å². The second-order valence-corrected chi connectivity index (χ2v) is 13.9. The Kier molecular flexibility index (Phi) is 7.60. The fourth-order valence-electron chi connectivity index (χ4n) is 6.10. The maximum atomic E-state index is 13.2. The number of benzene rings is 1. The van der Waals surface area contributed by atoms with E-state index in [2.05, 4.69) is 38.8 Å². The van der Waals surface area contributed by atoms with Gasteiger partial charge in [0.15, 0.2) is 0 Å². The van der Waals surface area contributed by atoms with Gasteiger partial charge < -0.3 is 20.7 Å². The smallest absolute Gasteiger partial charge is 0.244 e. The van der Waals surface area contributed by atoms with E-state index in [9.17, 15) is 8.42 Å². The van der Waals surface area contributed by atoms with E-state index >= 15 is 0 Å². The average Bonchev–Trinajstić information content (AvgIpc) is 3.18. The van der Waals surface area contributed by atoms with E-state index in [-0.39, 0.29) is 22.2 Å². The first-order chi connectivity index (χ1) is 19.7. The summed E-state index contributed by atoms with van der Waals surface area (Å²) < 4.78 is 35.3. The van der Waals surface area contributed by atoms with Crippen molar-refractivity contribution in [3.8, 4) is 16.9 Å². The highest BCUT2D eigenvalue weighted by molar-refractivity contribution is 7.89. The molecular formula is C30H39N7O3S. The third kappa shape index (κ3) is 6.02. The summed E-state index contributed by atoms with van der Waals surface area (Å²) in [5.74, 6) is 1.78. The van der Waals surface area contributed by atoms with Crippen LogP contribution in [0.2, 0.25) is 0 Å². The van der Waals surface area contributed by atoms with E-state index < -0.39 is 10.0 Å². The quantitative estimate of drug-likeness (QED) is 0.402. The highest BCUT2D eigenvalue weighted by Gasteiger charge is 2.31. The molecule has 4 heterocycles. The highest BCUT2D eigenvalue weighted by atomic mass is 32.2. The van der Waals surface area contributed by atoms with Crippen molar-refractivity contribution in [3.63, 3.8) is 0 Å². The molecule has 2 aliphatic heterocycles. The molecule has 41 heavy (non-hydrogen) atoms. The molecule has 3 aliphatic rings. The molecule has 1 aliphatic carbocycles. The molecule has 218 valence electrons. The second kappa shape index (κ2) is 11.2. The molecule has 11 heteroatoms. The normalized spacial score (nSPS) is 20.4. The van der Waals surface area contributed by atoms with Gasteiger partial charge in [-0.25, -0.2) is 28.1 Å². The number of sulfonamides is 1. The molecule has 0 bridgehead atoms. The lowest BCUT2D eigenvalue weighted by Gasteiger charge is -2.33. The monoisotopic (exact) mass is 577 g/mol. The molecule has 1 unspecified atom stereocenters. The zero-order valence-electron chi connectivity index (χ0n) is 23.8. The summed E-state index contributed by atoms with van der Waals surface area (Å²) >= 11 is 0. The Bertz CT molecular complexity index is 1540. The van der Waals surface area contributed by atoms with Crippen LogP contribution >= 0.6 is 0 Å². The minimum Gasteiger partial charge on any atom is -0.491 e. The van der Waals surface area contributed by atoms with Crippen LogP contribution in [0, 0.1) is 5.41 Å². The number of nitrogens with two attached hydrogens (primary N) is 1. The van der Waals surface area contributed by atoms with Crippen LogP contribution in [0.15, 0.2) is 41.7 Å². The molecule has 10 nitrogen and oxygen atoms in total. The Hall–Kier alpha value is -3.28. The van der Waals surface area contributed by atoms with E-state index in [0.29, 0.717) is 31.8 Å². The van der Waals surface area contributed by atoms with Crippen LogP contribution in [-0.2, 0) is 29.4 Å². The van der Waals surface area contributed by atoms with Gasteiger partial charge in [-0.05, 0) is 67.8 Å². The molecule has 1 atom stereocenters. The largest absolute Gasteiger partial charge is 0.491 e. The summed E-state index contributed by atoms with van der Waals surface area (Å²) in [6.45, 7) is 7.71. The van der Waals surface area contributed by atoms with Crippen molar-refractivity contribution in [3.05, 3.63) is 53.6 Å². The lowest BCUT2D eigenvalue weighted by Crippen LogP contribution is -2.43. The van der Waals surface area contributed by atoms with Crippen LogP contribution in [0.5, 0.6) is 5.75 Å². The standard InChI is InChI=1S/C30H39N7O3S/c1-30(2)9-8-25-24(15-30)29(35-19-34-25)37-11-12-40-26-7-6-20(13-22(26)18-37)21-14-27(28(31)33-16-21)41(38,39)36-17-23-5-3-4-10-32-23/h6-7,13-14,16,19,23,32,36H,3-5,8-12,15,17-18H2,1-2H3,(H2,31,33). The molecule has 6 rings (SSSR count). The first-order valence-corrected chi connectivity index (χ1v) is 16.0. The van der Waals surface area contributed by atoms with E-state index in [1.807, 2.05) is 18.2 Å². The summed E-state index contributed by atoms with van der Waals surface area (Å²) in [7, 11) is -3.83. The van der Waals surface area contributed by atoms with E-state index in [0.717, 1.165) is 73.5 Å². The number of anilines is 2. The number of nitrogens with zero attached hydrogens (tertiary/aromatic N) is 4. The van der Waals surface area contributed by atoms with Crippen LogP contribution in [0.1, 0.15) is 56.4 Å². The van der Waals surface area contributed by atoms with Crippen LogP contribution in [-0.4, -0.2) is 55.7 Å². The number of fused-ring (bicyclic) bond motifs is 2. The van der Waals surface area contributed by atoms with Crippen LogP contribution in [0.4, 0.5) is 11.6 Å². The molecule has 3 aromatic rings. The summed E-state index contributed by atoms with van der Waals surface area (Å²) in [5, 5.41) is 3.37. The zero-order valence-corrected chi connectivity index (χ0v) is 24.6. The topological polar surface area (TPSA) is 135 Å². The number of piperidine rings is 1. The number of aromatic nitrogens is 3. The molecule has 0 saturated carbocycles. The highest BCUT2D eigenvalue weighted by Crippen LogP contribution is 2.39. The molecule has 1 aromatic carbocycles. The minimum atomic E-state index is -3.83. The van der Waals surface area contributed by atoms with Gasteiger partial charge in [-0.1, -0.05) is 26.3 Å². The van der Waals surface area contributed by atoms with Crippen molar-refractivity contribution < 1.29 is 13.2 Å². The molecule has 1 saturated heterocycles. The Balaban J connectivity index is 1.27. The molecule has 0 radical (unpaired) electrons. The Morgan fingerprint density at radius 1 is 1.17 bits per heavy atom. The Morgan fingerprint density at radius 2 is 2.05 bits per heavy atom. The van der Waals surface area contributed by atoms with Crippen molar-refractivity contribution in [1.29, 1.82) is 0 Å². The number of rotatable bonds is 6. The predicted molar refractivity (Wildman–Crippen MR) is 159 cm³/mol. The van der Waals surface area contributed by atoms with Gasteiger partial charge in [0.25, 0.3) is 0 Å². The van der Waals surface area contributed by atoms with E-state index in [1.54, 1.807) is 18.6 Å². The SMILES string of the molecule is CC1(C)CCc2ncnc(N3CCOc4ccc(-c5cnc(N)c(S(=O)(=O)NCC6CCCCN6)c5)cc4C3)c2C1. The van der Waals surface area contributed by atoms with Gasteiger partial charge in [0.05, 0.1) is 6.54 Å². The zero-order chi connectivity index (χ0) is 28.6. The molecule has 1 fully saturated rings.